The third-order valence-corrected chi connectivity index (χ3v) is 7.95. The lowest BCUT2D eigenvalue weighted by Crippen LogP contribution is -2.55. The van der Waals surface area contributed by atoms with Crippen LogP contribution in [0, 0.1) is 6.92 Å². The number of benzene rings is 1. The minimum Gasteiger partial charge on any atom is -0.444 e. The molecule has 0 saturated carbocycles. The second kappa shape index (κ2) is 12.7. The van der Waals surface area contributed by atoms with Crippen LogP contribution in [0.1, 0.15) is 55.2 Å². The number of ether oxygens (including phenoxy) is 1. The third kappa shape index (κ3) is 7.74. The fourth-order valence-electron chi connectivity index (χ4n) is 5.04. The Morgan fingerprint density at radius 1 is 1.00 bits per heavy atom. The van der Waals surface area contributed by atoms with Gasteiger partial charge in [0.15, 0.2) is 0 Å². The van der Waals surface area contributed by atoms with Crippen molar-refractivity contribution in [3.63, 3.8) is 0 Å². The summed E-state index contributed by atoms with van der Waals surface area (Å²) in [7, 11) is 0. The Bertz CT molecular complexity index is 1170. The number of rotatable bonds is 6. The molecule has 3 heterocycles. The molecule has 4 rings (SSSR count). The maximum atomic E-state index is 13.4. The second-order valence-electron chi connectivity index (χ2n) is 11.1. The number of halogens is 2. The van der Waals surface area contributed by atoms with Crippen LogP contribution in [-0.2, 0) is 11.2 Å². The first-order valence-corrected chi connectivity index (χ1v) is 14.3. The van der Waals surface area contributed by atoms with Gasteiger partial charge < -0.3 is 19.9 Å². The number of piperazine rings is 1. The van der Waals surface area contributed by atoms with Crippen molar-refractivity contribution >= 4 is 41.0 Å². The van der Waals surface area contributed by atoms with E-state index in [1.54, 1.807) is 11.0 Å². The highest BCUT2D eigenvalue weighted by Crippen LogP contribution is 2.24. The van der Waals surface area contributed by atoms with Gasteiger partial charge in [-0.3, -0.25) is 9.69 Å². The number of hydrogen-bond donors (Lipinski definition) is 1. The Balaban J connectivity index is 1.26. The molecule has 0 atom stereocenters. The molecule has 0 spiro atoms. The van der Waals surface area contributed by atoms with Crippen molar-refractivity contribution in [2.45, 2.75) is 58.6 Å². The summed E-state index contributed by atoms with van der Waals surface area (Å²) in [5.74, 6) is 0.599. The molecule has 1 aromatic heterocycles. The number of hydrogen-bond acceptors (Lipinski definition) is 7. The number of carbonyl (C=O) groups excluding carboxylic acids is 2. The van der Waals surface area contributed by atoms with E-state index in [0.717, 1.165) is 43.5 Å². The molecule has 11 heteroatoms. The second-order valence-corrected chi connectivity index (χ2v) is 12.0. The zero-order valence-corrected chi connectivity index (χ0v) is 24.7. The van der Waals surface area contributed by atoms with Crippen molar-refractivity contribution in [3.8, 4) is 0 Å². The summed E-state index contributed by atoms with van der Waals surface area (Å²) in [6.45, 7) is 12.5. The number of likely N-dealkylation sites (tertiary alicyclic amines) is 1. The number of carbonyl (C=O) groups is 2. The van der Waals surface area contributed by atoms with Gasteiger partial charge in [-0.25, -0.2) is 14.8 Å². The first-order valence-electron chi connectivity index (χ1n) is 13.5. The molecule has 2 aliphatic rings. The summed E-state index contributed by atoms with van der Waals surface area (Å²) in [6.07, 6.45) is 3.74. The molecular formula is C28H38Cl2N6O3. The lowest BCUT2D eigenvalue weighted by Gasteiger charge is -2.42. The smallest absolute Gasteiger partial charge is 0.410 e. The molecule has 0 aliphatic carbocycles. The first kappa shape index (κ1) is 29.4. The Morgan fingerprint density at radius 2 is 1.69 bits per heavy atom. The SMILES string of the molecule is Cc1c(NCCc2ccc(Cl)c(Cl)c2)ncnc1C(=O)N1CCC(N2CCN(C(=O)OC(C)(C)C)CC2)CC1. The van der Waals surface area contributed by atoms with Crippen LogP contribution in [0.3, 0.4) is 0 Å². The summed E-state index contributed by atoms with van der Waals surface area (Å²) < 4.78 is 5.51. The highest BCUT2D eigenvalue weighted by molar-refractivity contribution is 6.42. The van der Waals surface area contributed by atoms with Crippen molar-refractivity contribution < 1.29 is 14.3 Å². The van der Waals surface area contributed by atoms with Crippen LogP contribution in [0.25, 0.3) is 0 Å². The summed E-state index contributed by atoms with van der Waals surface area (Å²) >= 11 is 12.1. The number of aromatic nitrogens is 2. The van der Waals surface area contributed by atoms with Gasteiger partial charge in [-0.1, -0.05) is 29.3 Å². The van der Waals surface area contributed by atoms with E-state index in [0.29, 0.717) is 60.3 Å². The lowest BCUT2D eigenvalue weighted by molar-refractivity contribution is 0.00574. The molecule has 0 bridgehead atoms. The minimum atomic E-state index is -0.487. The largest absolute Gasteiger partial charge is 0.444 e. The van der Waals surface area contributed by atoms with E-state index < -0.39 is 5.60 Å². The van der Waals surface area contributed by atoms with E-state index in [1.165, 1.54) is 6.33 Å². The number of piperidine rings is 1. The fraction of sp³-hybridized carbons (Fsp3) is 0.571. The summed E-state index contributed by atoms with van der Waals surface area (Å²) in [4.78, 5) is 40.5. The van der Waals surface area contributed by atoms with Gasteiger partial charge in [-0.05, 0) is 64.7 Å². The molecule has 2 fully saturated rings. The quantitative estimate of drug-likeness (QED) is 0.522. The van der Waals surface area contributed by atoms with Crippen molar-refractivity contribution in [3.05, 3.63) is 51.4 Å². The molecule has 1 N–H and O–H groups in total. The molecule has 2 aromatic rings. The van der Waals surface area contributed by atoms with Gasteiger partial charge in [0.1, 0.15) is 23.4 Å². The number of nitrogens with one attached hydrogen (secondary N) is 1. The Hall–Kier alpha value is -2.62. The van der Waals surface area contributed by atoms with E-state index in [9.17, 15) is 9.59 Å². The maximum Gasteiger partial charge on any atom is 0.410 e. The van der Waals surface area contributed by atoms with Crippen molar-refractivity contribution in [2.75, 3.05) is 51.1 Å². The number of nitrogens with zero attached hydrogens (tertiary/aromatic N) is 5. The monoisotopic (exact) mass is 576 g/mol. The van der Waals surface area contributed by atoms with Crippen LogP contribution >= 0.6 is 23.2 Å². The number of anilines is 1. The Morgan fingerprint density at radius 3 is 2.33 bits per heavy atom. The summed E-state index contributed by atoms with van der Waals surface area (Å²) in [6, 6.07) is 6.00. The van der Waals surface area contributed by atoms with E-state index >= 15 is 0 Å². The summed E-state index contributed by atoms with van der Waals surface area (Å²) in [5, 5.41) is 4.40. The molecular weight excluding hydrogens is 539 g/mol. The van der Waals surface area contributed by atoms with Crippen molar-refractivity contribution in [2.24, 2.45) is 0 Å². The van der Waals surface area contributed by atoms with Gasteiger partial charge in [0, 0.05) is 57.4 Å². The van der Waals surface area contributed by atoms with Crippen LogP contribution < -0.4 is 5.32 Å². The third-order valence-electron chi connectivity index (χ3n) is 7.21. The molecule has 212 valence electrons. The van der Waals surface area contributed by atoms with Gasteiger partial charge in [0.05, 0.1) is 10.0 Å². The van der Waals surface area contributed by atoms with Crippen LogP contribution in [0.4, 0.5) is 10.6 Å². The maximum absolute atomic E-state index is 13.4. The van der Waals surface area contributed by atoms with Gasteiger partial charge in [0.25, 0.3) is 5.91 Å². The van der Waals surface area contributed by atoms with Crippen LogP contribution in [0.5, 0.6) is 0 Å². The first-order chi connectivity index (χ1) is 18.5. The topological polar surface area (TPSA) is 90.9 Å². The molecule has 2 saturated heterocycles. The number of amides is 2. The van der Waals surface area contributed by atoms with Gasteiger partial charge in [0.2, 0.25) is 0 Å². The fourth-order valence-corrected chi connectivity index (χ4v) is 5.37. The summed E-state index contributed by atoms with van der Waals surface area (Å²) in [5.41, 5.74) is 1.76. The standard InChI is InChI=1S/C28H38Cl2N6O3/c1-19-24(32-18-33-25(19)31-10-7-20-5-6-22(29)23(30)17-20)26(37)35-11-8-21(9-12-35)34-13-15-36(16-14-34)27(38)39-28(2,3)4/h5-6,17-18,21H,7-16H2,1-4H3,(H,31,32,33). The average Bonchev–Trinajstić information content (AvgIpc) is 2.90. The molecule has 0 radical (unpaired) electrons. The predicted octanol–water partition coefficient (Wildman–Crippen LogP) is 4.90. The Kier molecular flexibility index (Phi) is 9.56. The average molecular weight is 578 g/mol. The van der Waals surface area contributed by atoms with Crippen LogP contribution in [-0.4, -0.2) is 94.1 Å². The molecule has 2 amide bonds. The van der Waals surface area contributed by atoms with Gasteiger partial charge in [-0.15, -0.1) is 0 Å². The highest BCUT2D eigenvalue weighted by Gasteiger charge is 2.32. The van der Waals surface area contributed by atoms with Gasteiger partial charge in [-0.2, -0.15) is 0 Å². The van der Waals surface area contributed by atoms with E-state index in [1.807, 2.05) is 44.7 Å². The molecule has 39 heavy (non-hydrogen) atoms. The van der Waals surface area contributed by atoms with E-state index in [-0.39, 0.29) is 12.0 Å². The zero-order chi connectivity index (χ0) is 28.2. The predicted molar refractivity (Wildman–Crippen MR) is 154 cm³/mol. The van der Waals surface area contributed by atoms with Crippen LogP contribution in [0.2, 0.25) is 10.0 Å². The Labute approximate surface area is 240 Å². The molecule has 1 aromatic carbocycles. The molecule has 2 aliphatic heterocycles. The van der Waals surface area contributed by atoms with E-state index in [4.69, 9.17) is 27.9 Å². The van der Waals surface area contributed by atoms with Crippen molar-refractivity contribution in [1.29, 1.82) is 0 Å². The van der Waals surface area contributed by atoms with Crippen molar-refractivity contribution in [1.82, 2.24) is 24.7 Å². The van der Waals surface area contributed by atoms with E-state index in [2.05, 4.69) is 20.2 Å². The van der Waals surface area contributed by atoms with Crippen LogP contribution in [0.15, 0.2) is 24.5 Å². The minimum absolute atomic E-state index is 0.0596. The molecule has 0 unspecified atom stereocenters. The normalized spacial score (nSPS) is 17.3. The lowest BCUT2D eigenvalue weighted by atomic mass is 10.0. The molecule has 9 nitrogen and oxygen atoms in total. The zero-order valence-electron chi connectivity index (χ0n) is 23.2. The van der Waals surface area contributed by atoms with Gasteiger partial charge >= 0.3 is 6.09 Å². The highest BCUT2D eigenvalue weighted by atomic mass is 35.5.